The summed E-state index contributed by atoms with van der Waals surface area (Å²) in [5.74, 6) is -0.316. The molecule has 0 aromatic rings. The van der Waals surface area contributed by atoms with Crippen LogP contribution in [0, 0.1) is 5.92 Å². The molecule has 1 aliphatic rings. The van der Waals surface area contributed by atoms with Gasteiger partial charge in [-0.2, -0.15) is 0 Å². The molecule has 0 aliphatic carbocycles. The monoisotopic (exact) mass is 282 g/mol. The van der Waals surface area contributed by atoms with Gasteiger partial charge in [-0.3, -0.25) is 9.59 Å². The van der Waals surface area contributed by atoms with Crippen LogP contribution >= 0.6 is 11.8 Å². The predicted molar refractivity (Wildman–Crippen MR) is 82.3 cm³/mol. The van der Waals surface area contributed by atoms with Crippen molar-refractivity contribution in [2.45, 2.75) is 70.0 Å². The fraction of sp³-hybridized carbons (Fsp3) is 0.750. The number of allylic oxidation sites excluding steroid dienone is 1. The molecule has 3 heteroatoms. The van der Waals surface area contributed by atoms with E-state index in [-0.39, 0.29) is 10.9 Å². The van der Waals surface area contributed by atoms with Crippen molar-refractivity contribution in [2.24, 2.45) is 5.92 Å². The van der Waals surface area contributed by atoms with E-state index in [9.17, 15) is 9.59 Å². The second-order valence-corrected chi connectivity index (χ2v) is 7.12. The highest BCUT2D eigenvalue weighted by Crippen LogP contribution is 2.44. The first-order valence-corrected chi connectivity index (χ1v) is 8.25. The number of carbonyl (C=O) groups excluding carboxylic acids is 2. The molecule has 108 valence electrons. The SMILES string of the molecule is C=CCC1C(=O)S[C@](C)(CCCCCCCC)C1=O. The van der Waals surface area contributed by atoms with Gasteiger partial charge in [0, 0.05) is 0 Å². The second kappa shape index (κ2) is 7.88. The second-order valence-electron chi connectivity index (χ2n) is 5.61. The molecule has 0 radical (unpaired) electrons. The highest BCUT2D eigenvalue weighted by molar-refractivity contribution is 8.16. The molecular weight excluding hydrogens is 256 g/mol. The molecule has 0 bridgehead atoms. The largest absolute Gasteiger partial charge is 0.297 e. The van der Waals surface area contributed by atoms with E-state index in [2.05, 4.69) is 13.5 Å². The smallest absolute Gasteiger partial charge is 0.200 e. The Kier molecular flexibility index (Phi) is 6.84. The Morgan fingerprint density at radius 3 is 2.47 bits per heavy atom. The zero-order chi connectivity index (χ0) is 14.3. The van der Waals surface area contributed by atoms with Crippen LogP contribution in [0.15, 0.2) is 12.7 Å². The van der Waals surface area contributed by atoms with Gasteiger partial charge in [0.05, 0.1) is 10.7 Å². The molecule has 1 unspecified atom stereocenters. The first-order chi connectivity index (χ1) is 9.05. The summed E-state index contributed by atoms with van der Waals surface area (Å²) in [7, 11) is 0. The summed E-state index contributed by atoms with van der Waals surface area (Å²) in [5.41, 5.74) is 0. The topological polar surface area (TPSA) is 34.1 Å². The molecule has 2 nitrogen and oxygen atoms in total. The molecule has 0 aromatic heterocycles. The van der Waals surface area contributed by atoms with Crippen molar-refractivity contribution < 1.29 is 9.59 Å². The predicted octanol–water partition coefficient (Wildman–Crippen LogP) is 4.53. The Bertz CT molecular complexity index is 338. The highest BCUT2D eigenvalue weighted by atomic mass is 32.2. The van der Waals surface area contributed by atoms with Gasteiger partial charge < -0.3 is 0 Å². The van der Waals surface area contributed by atoms with Crippen molar-refractivity contribution in [1.82, 2.24) is 0 Å². The van der Waals surface area contributed by atoms with E-state index in [1.807, 2.05) is 6.92 Å². The molecule has 0 saturated carbocycles. The molecule has 0 amide bonds. The van der Waals surface area contributed by atoms with Gasteiger partial charge in [-0.05, 0) is 19.8 Å². The summed E-state index contributed by atoms with van der Waals surface area (Å²) < 4.78 is -0.477. The van der Waals surface area contributed by atoms with Crippen LogP contribution in [0.5, 0.6) is 0 Å². The number of Topliss-reactive ketones (excluding diaryl/α,β-unsaturated/α-hetero) is 1. The van der Waals surface area contributed by atoms with E-state index in [1.54, 1.807) is 6.08 Å². The maximum atomic E-state index is 12.3. The molecule has 2 atom stereocenters. The van der Waals surface area contributed by atoms with E-state index in [0.717, 1.165) is 12.8 Å². The third-order valence-electron chi connectivity index (χ3n) is 3.86. The van der Waals surface area contributed by atoms with Crippen LogP contribution in [0.25, 0.3) is 0 Å². The molecule has 1 aliphatic heterocycles. The third kappa shape index (κ3) is 4.48. The summed E-state index contributed by atoms with van der Waals surface area (Å²) in [6.07, 6.45) is 10.3. The zero-order valence-electron chi connectivity index (χ0n) is 12.2. The third-order valence-corrected chi connectivity index (χ3v) is 5.20. The van der Waals surface area contributed by atoms with Crippen LogP contribution in [0.3, 0.4) is 0 Å². The van der Waals surface area contributed by atoms with Crippen molar-refractivity contribution >= 4 is 22.7 Å². The maximum absolute atomic E-state index is 12.3. The molecule has 1 fully saturated rings. The first-order valence-electron chi connectivity index (χ1n) is 7.43. The van der Waals surface area contributed by atoms with Gasteiger partial charge in [0.1, 0.15) is 0 Å². The fourth-order valence-corrected chi connectivity index (χ4v) is 3.88. The maximum Gasteiger partial charge on any atom is 0.200 e. The van der Waals surface area contributed by atoms with Crippen LogP contribution in [-0.2, 0) is 9.59 Å². The highest BCUT2D eigenvalue weighted by Gasteiger charge is 2.49. The van der Waals surface area contributed by atoms with E-state index in [0.29, 0.717) is 6.42 Å². The lowest BCUT2D eigenvalue weighted by Gasteiger charge is -2.20. The van der Waals surface area contributed by atoms with Crippen molar-refractivity contribution in [3.05, 3.63) is 12.7 Å². The average Bonchev–Trinajstić information content (AvgIpc) is 2.58. The summed E-state index contributed by atoms with van der Waals surface area (Å²) in [6.45, 7) is 7.78. The summed E-state index contributed by atoms with van der Waals surface area (Å²) >= 11 is 1.26. The van der Waals surface area contributed by atoms with Crippen molar-refractivity contribution in [3.8, 4) is 0 Å². The van der Waals surface area contributed by atoms with Gasteiger partial charge in [-0.1, -0.05) is 63.3 Å². The Balaban J connectivity index is 2.38. The van der Waals surface area contributed by atoms with E-state index < -0.39 is 10.7 Å². The van der Waals surface area contributed by atoms with E-state index in [4.69, 9.17) is 0 Å². The Hall–Kier alpha value is -0.570. The zero-order valence-corrected chi connectivity index (χ0v) is 13.1. The average molecular weight is 282 g/mol. The lowest BCUT2D eigenvalue weighted by Crippen LogP contribution is -2.30. The Morgan fingerprint density at radius 2 is 1.84 bits per heavy atom. The number of unbranched alkanes of at least 4 members (excludes halogenated alkanes) is 5. The van der Waals surface area contributed by atoms with E-state index in [1.165, 1.54) is 43.9 Å². The molecule has 1 rings (SSSR count). The Morgan fingerprint density at radius 1 is 1.21 bits per heavy atom. The summed E-state index contributed by atoms with van der Waals surface area (Å²) in [4.78, 5) is 24.2. The number of thioether (sulfide) groups is 1. The van der Waals surface area contributed by atoms with Gasteiger partial charge in [-0.25, -0.2) is 0 Å². The summed E-state index contributed by atoms with van der Waals surface area (Å²) in [5, 5.41) is 0.0402. The quantitative estimate of drug-likeness (QED) is 0.354. The number of carbonyl (C=O) groups is 2. The lowest BCUT2D eigenvalue weighted by molar-refractivity contribution is -0.128. The van der Waals surface area contributed by atoms with Crippen LogP contribution in [0.1, 0.15) is 65.2 Å². The van der Waals surface area contributed by atoms with Crippen molar-refractivity contribution in [3.63, 3.8) is 0 Å². The number of hydrogen-bond donors (Lipinski definition) is 0. The van der Waals surface area contributed by atoms with Gasteiger partial charge in [0.25, 0.3) is 0 Å². The molecule has 0 spiro atoms. The lowest BCUT2D eigenvalue weighted by atomic mass is 9.88. The van der Waals surface area contributed by atoms with Crippen LogP contribution < -0.4 is 0 Å². The van der Waals surface area contributed by atoms with Crippen molar-refractivity contribution in [2.75, 3.05) is 0 Å². The van der Waals surface area contributed by atoms with Gasteiger partial charge in [0.15, 0.2) is 5.78 Å². The van der Waals surface area contributed by atoms with Crippen LogP contribution in [0.4, 0.5) is 0 Å². The van der Waals surface area contributed by atoms with Crippen LogP contribution in [0.2, 0.25) is 0 Å². The van der Waals surface area contributed by atoms with E-state index >= 15 is 0 Å². The molecule has 0 N–H and O–H groups in total. The normalized spacial score (nSPS) is 26.9. The standard InChI is InChI=1S/C16H26O2S/c1-4-6-7-8-9-10-12-16(3)14(17)13(11-5-2)15(18)19-16/h5,13H,2,4,6-12H2,1,3H3/t13?,16-/m1/s1. The van der Waals surface area contributed by atoms with Crippen LogP contribution in [-0.4, -0.2) is 15.6 Å². The number of hydrogen-bond acceptors (Lipinski definition) is 3. The molecule has 0 aromatic carbocycles. The minimum absolute atomic E-state index is 0.0402. The summed E-state index contributed by atoms with van der Waals surface area (Å²) in [6, 6.07) is 0. The first kappa shape index (κ1) is 16.5. The fourth-order valence-electron chi connectivity index (χ4n) is 2.61. The molecule has 1 saturated heterocycles. The number of ketones is 1. The molecule has 1 heterocycles. The molecule has 19 heavy (non-hydrogen) atoms. The minimum Gasteiger partial charge on any atom is -0.297 e. The van der Waals surface area contributed by atoms with Gasteiger partial charge in [0.2, 0.25) is 5.12 Å². The van der Waals surface area contributed by atoms with Gasteiger partial charge in [-0.15, -0.1) is 6.58 Å². The Labute approximate surface area is 121 Å². The van der Waals surface area contributed by atoms with Gasteiger partial charge >= 0.3 is 0 Å². The minimum atomic E-state index is -0.477. The number of rotatable bonds is 9. The van der Waals surface area contributed by atoms with Crippen molar-refractivity contribution in [1.29, 1.82) is 0 Å². The molecular formula is C16H26O2S.